The summed E-state index contributed by atoms with van der Waals surface area (Å²) < 4.78 is 5.08. The third-order valence-corrected chi connectivity index (χ3v) is 2.82. The van der Waals surface area contributed by atoms with Crippen LogP contribution in [0.4, 0.5) is 0 Å². The lowest BCUT2D eigenvalue weighted by atomic mass is 10.1. The average Bonchev–Trinajstić information content (AvgIpc) is 2.57. The monoisotopic (exact) mass is 195 g/mol. The zero-order chi connectivity index (χ0) is 9.97. The first-order valence-corrected chi connectivity index (χ1v) is 5.05. The number of ether oxygens (including phenoxy) is 1. The number of hydrogen-bond donors (Lipinski definition) is 1. The van der Waals surface area contributed by atoms with Gasteiger partial charge in [-0.3, -0.25) is 10.00 Å². The standard InChI is InChI=1S/C10H17N3O/c1-8-9-7-13(5-6-14-2)4-3-10(9)12-11-8/h3-7H2,1-2H3,(H,11,12). The van der Waals surface area contributed by atoms with Gasteiger partial charge in [0, 0.05) is 44.4 Å². The molecule has 0 spiro atoms. The van der Waals surface area contributed by atoms with Crippen LogP contribution in [0.2, 0.25) is 0 Å². The molecule has 1 N–H and O–H groups in total. The van der Waals surface area contributed by atoms with Crippen LogP contribution in [0, 0.1) is 6.92 Å². The molecular weight excluding hydrogens is 178 g/mol. The number of aromatic amines is 1. The normalized spacial score (nSPS) is 17.0. The highest BCUT2D eigenvalue weighted by Crippen LogP contribution is 2.18. The van der Waals surface area contributed by atoms with E-state index < -0.39 is 0 Å². The summed E-state index contributed by atoms with van der Waals surface area (Å²) in [7, 11) is 1.75. The summed E-state index contributed by atoms with van der Waals surface area (Å²) in [5.41, 5.74) is 3.84. The smallest absolute Gasteiger partial charge is 0.0682 e. The summed E-state index contributed by atoms with van der Waals surface area (Å²) in [4.78, 5) is 2.41. The molecule has 1 aromatic rings. The highest BCUT2D eigenvalue weighted by molar-refractivity contribution is 5.26. The van der Waals surface area contributed by atoms with E-state index in [1.165, 1.54) is 17.0 Å². The van der Waals surface area contributed by atoms with Crippen LogP contribution in [0.15, 0.2) is 0 Å². The Morgan fingerprint density at radius 3 is 3.21 bits per heavy atom. The van der Waals surface area contributed by atoms with E-state index in [9.17, 15) is 0 Å². The summed E-state index contributed by atoms with van der Waals surface area (Å²) in [6.07, 6.45) is 1.06. The highest BCUT2D eigenvalue weighted by atomic mass is 16.5. The van der Waals surface area contributed by atoms with Crippen LogP contribution < -0.4 is 0 Å². The minimum absolute atomic E-state index is 0.812. The van der Waals surface area contributed by atoms with Crippen molar-refractivity contribution in [2.75, 3.05) is 26.8 Å². The number of hydrogen-bond acceptors (Lipinski definition) is 3. The van der Waals surface area contributed by atoms with Gasteiger partial charge in [-0.15, -0.1) is 0 Å². The SMILES string of the molecule is COCCN1CCc2n[nH]c(C)c2C1. The van der Waals surface area contributed by atoms with Crippen molar-refractivity contribution in [3.8, 4) is 0 Å². The third-order valence-electron chi connectivity index (χ3n) is 2.82. The summed E-state index contributed by atoms with van der Waals surface area (Å²) in [5.74, 6) is 0. The fourth-order valence-electron chi connectivity index (χ4n) is 1.90. The number of nitrogens with one attached hydrogen (secondary N) is 1. The van der Waals surface area contributed by atoms with E-state index in [4.69, 9.17) is 4.74 Å². The van der Waals surface area contributed by atoms with Gasteiger partial charge in [-0.1, -0.05) is 0 Å². The molecule has 0 radical (unpaired) electrons. The van der Waals surface area contributed by atoms with E-state index in [1.54, 1.807) is 7.11 Å². The van der Waals surface area contributed by atoms with E-state index in [0.29, 0.717) is 0 Å². The van der Waals surface area contributed by atoms with Gasteiger partial charge in [0.05, 0.1) is 12.3 Å². The molecule has 0 aromatic carbocycles. The van der Waals surface area contributed by atoms with Crippen molar-refractivity contribution < 1.29 is 4.74 Å². The first-order chi connectivity index (χ1) is 6.81. The van der Waals surface area contributed by atoms with E-state index >= 15 is 0 Å². The molecule has 1 aliphatic rings. The van der Waals surface area contributed by atoms with Crippen molar-refractivity contribution >= 4 is 0 Å². The number of aromatic nitrogens is 2. The number of aryl methyl sites for hydroxylation is 1. The van der Waals surface area contributed by atoms with Gasteiger partial charge in [0.1, 0.15) is 0 Å². The Hall–Kier alpha value is -0.870. The van der Waals surface area contributed by atoms with Crippen molar-refractivity contribution in [1.29, 1.82) is 0 Å². The molecule has 0 saturated heterocycles. The van der Waals surface area contributed by atoms with Gasteiger partial charge in [0.25, 0.3) is 0 Å². The average molecular weight is 195 g/mol. The first kappa shape index (κ1) is 9.68. The molecule has 78 valence electrons. The maximum absolute atomic E-state index is 5.08. The molecule has 0 saturated carbocycles. The first-order valence-electron chi connectivity index (χ1n) is 5.05. The van der Waals surface area contributed by atoms with Crippen LogP contribution >= 0.6 is 0 Å². The van der Waals surface area contributed by atoms with Crippen molar-refractivity contribution in [3.05, 3.63) is 17.0 Å². The zero-order valence-corrected chi connectivity index (χ0v) is 8.84. The largest absolute Gasteiger partial charge is 0.383 e. The van der Waals surface area contributed by atoms with Gasteiger partial charge < -0.3 is 4.74 Å². The van der Waals surface area contributed by atoms with Gasteiger partial charge in [0.15, 0.2) is 0 Å². The second-order valence-electron chi connectivity index (χ2n) is 3.79. The van der Waals surface area contributed by atoms with Crippen LogP contribution in [0.5, 0.6) is 0 Å². The predicted octanol–water partition coefficient (Wildman–Crippen LogP) is 0.723. The number of H-pyrrole nitrogens is 1. The minimum Gasteiger partial charge on any atom is -0.383 e. The van der Waals surface area contributed by atoms with Gasteiger partial charge >= 0.3 is 0 Å². The van der Waals surface area contributed by atoms with Crippen LogP contribution in [-0.2, 0) is 17.7 Å². The summed E-state index contributed by atoms with van der Waals surface area (Å²) in [6, 6.07) is 0. The van der Waals surface area contributed by atoms with Crippen molar-refractivity contribution in [2.45, 2.75) is 19.9 Å². The highest BCUT2D eigenvalue weighted by Gasteiger charge is 2.19. The Labute approximate surface area is 84.3 Å². The maximum atomic E-state index is 5.08. The molecular formula is C10H17N3O. The van der Waals surface area contributed by atoms with Gasteiger partial charge in [0.2, 0.25) is 0 Å². The molecule has 1 aromatic heterocycles. The number of fused-ring (bicyclic) bond motifs is 1. The van der Waals surface area contributed by atoms with E-state index in [-0.39, 0.29) is 0 Å². The molecule has 0 atom stereocenters. The molecule has 14 heavy (non-hydrogen) atoms. The second-order valence-corrected chi connectivity index (χ2v) is 3.79. The van der Waals surface area contributed by atoms with Gasteiger partial charge in [-0.25, -0.2) is 0 Å². The molecule has 0 bridgehead atoms. The molecule has 4 nitrogen and oxygen atoms in total. The Bertz CT molecular complexity index is 308. The number of nitrogens with zero attached hydrogens (tertiary/aromatic N) is 2. The fraction of sp³-hybridized carbons (Fsp3) is 0.700. The molecule has 2 heterocycles. The Balaban J connectivity index is 2.01. The van der Waals surface area contributed by atoms with Gasteiger partial charge in [-0.05, 0) is 6.92 Å². The minimum atomic E-state index is 0.812. The second kappa shape index (κ2) is 4.11. The van der Waals surface area contributed by atoms with Crippen molar-refractivity contribution in [3.63, 3.8) is 0 Å². The predicted molar refractivity (Wildman–Crippen MR) is 54.2 cm³/mol. The topological polar surface area (TPSA) is 41.1 Å². The zero-order valence-electron chi connectivity index (χ0n) is 8.84. The van der Waals surface area contributed by atoms with Crippen LogP contribution in [0.1, 0.15) is 17.0 Å². The fourth-order valence-corrected chi connectivity index (χ4v) is 1.90. The van der Waals surface area contributed by atoms with Crippen LogP contribution in [0.3, 0.4) is 0 Å². The summed E-state index contributed by atoms with van der Waals surface area (Å²) >= 11 is 0. The molecule has 2 rings (SSSR count). The summed E-state index contributed by atoms with van der Waals surface area (Å²) in [6.45, 7) is 6.03. The maximum Gasteiger partial charge on any atom is 0.0682 e. The lowest BCUT2D eigenvalue weighted by molar-refractivity contribution is 0.140. The van der Waals surface area contributed by atoms with Crippen molar-refractivity contribution in [1.82, 2.24) is 15.1 Å². The Morgan fingerprint density at radius 1 is 1.57 bits per heavy atom. The Morgan fingerprint density at radius 2 is 2.43 bits per heavy atom. The summed E-state index contributed by atoms with van der Waals surface area (Å²) in [5, 5.41) is 7.34. The van der Waals surface area contributed by atoms with E-state index in [2.05, 4.69) is 22.0 Å². The van der Waals surface area contributed by atoms with Crippen LogP contribution in [0.25, 0.3) is 0 Å². The molecule has 0 fully saturated rings. The quantitative estimate of drug-likeness (QED) is 0.772. The number of rotatable bonds is 3. The van der Waals surface area contributed by atoms with E-state index in [1.807, 2.05) is 0 Å². The van der Waals surface area contributed by atoms with Crippen molar-refractivity contribution in [2.24, 2.45) is 0 Å². The molecule has 0 unspecified atom stereocenters. The Kier molecular flexibility index (Phi) is 2.84. The van der Waals surface area contributed by atoms with E-state index in [0.717, 1.165) is 32.7 Å². The third kappa shape index (κ3) is 1.81. The van der Waals surface area contributed by atoms with Crippen LogP contribution in [-0.4, -0.2) is 41.9 Å². The molecule has 1 aliphatic heterocycles. The number of methoxy groups -OCH3 is 1. The van der Waals surface area contributed by atoms with Gasteiger partial charge in [-0.2, -0.15) is 5.10 Å². The molecule has 0 amide bonds. The lowest BCUT2D eigenvalue weighted by Gasteiger charge is -2.26. The molecule has 0 aliphatic carbocycles. The lowest BCUT2D eigenvalue weighted by Crippen LogP contribution is -2.33. The molecule has 4 heteroatoms.